The van der Waals surface area contributed by atoms with Gasteiger partial charge >= 0.3 is 6.03 Å². The SMILES string of the molecule is CN1C(=O)CN(/N=C/c2cccc(O)c2)C1=O. The van der Waals surface area contributed by atoms with Gasteiger partial charge < -0.3 is 5.11 Å². The number of carbonyl (C=O) groups is 2. The van der Waals surface area contributed by atoms with Crippen molar-refractivity contribution in [1.82, 2.24) is 9.91 Å². The molecule has 3 amide bonds. The predicted octanol–water partition coefficient (Wildman–Crippen LogP) is 0.620. The molecule has 17 heavy (non-hydrogen) atoms. The normalized spacial score (nSPS) is 16.3. The average Bonchev–Trinajstić information content (AvgIpc) is 2.54. The van der Waals surface area contributed by atoms with Gasteiger partial charge in [-0.1, -0.05) is 12.1 Å². The number of benzene rings is 1. The van der Waals surface area contributed by atoms with E-state index in [1.807, 2.05) is 0 Å². The van der Waals surface area contributed by atoms with Crippen LogP contribution in [0.3, 0.4) is 0 Å². The molecule has 0 saturated carbocycles. The van der Waals surface area contributed by atoms with Gasteiger partial charge in [-0.2, -0.15) is 5.10 Å². The number of rotatable bonds is 2. The molecule has 88 valence electrons. The number of hydrogen-bond donors (Lipinski definition) is 1. The van der Waals surface area contributed by atoms with Crippen molar-refractivity contribution in [2.45, 2.75) is 0 Å². The van der Waals surface area contributed by atoms with Gasteiger partial charge in [-0.15, -0.1) is 0 Å². The molecule has 6 heteroatoms. The highest BCUT2D eigenvalue weighted by Crippen LogP contribution is 2.11. The summed E-state index contributed by atoms with van der Waals surface area (Å²) in [7, 11) is 1.41. The van der Waals surface area contributed by atoms with Crippen LogP contribution in [0.15, 0.2) is 29.4 Å². The molecule has 0 radical (unpaired) electrons. The second-order valence-corrected chi connectivity index (χ2v) is 3.63. The third-order valence-corrected chi connectivity index (χ3v) is 2.38. The lowest BCUT2D eigenvalue weighted by Crippen LogP contribution is -2.26. The molecular formula is C11H11N3O3. The van der Waals surface area contributed by atoms with Crippen molar-refractivity contribution in [2.75, 3.05) is 13.6 Å². The summed E-state index contributed by atoms with van der Waals surface area (Å²) >= 11 is 0. The van der Waals surface area contributed by atoms with Crippen LogP contribution < -0.4 is 0 Å². The summed E-state index contributed by atoms with van der Waals surface area (Å²) in [6.45, 7) is -0.0509. The molecule has 0 aliphatic carbocycles. The fourth-order valence-electron chi connectivity index (χ4n) is 1.41. The molecule has 0 atom stereocenters. The van der Waals surface area contributed by atoms with Gasteiger partial charge in [0.1, 0.15) is 12.3 Å². The van der Waals surface area contributed by atoms with Crippen molar-refractivity contribution in [3.63, 3.8) is 0 Å². The molecule has 1 heterocycles. The Labute approximate surface area is 97.8 Å². The monoisotopic (exact) mass is 233 g/mol. The molecule has 0 aromatic heterocycles. The topological polar surface area (TPSA) is 73.2 Å². The fourth-order valence-corrected chi connectivity index (χ4v) is 1.41. The summed E-state index contributed by atoms with van der Waals surface area (Å²) in [5.41, 5.74) is 0.653. The molecular weight excluding hydrogens is 222 g/mol. The summed E-state index contributed by atoms with van der Waals surface area (Å²) in [6.07, 6.45) is 1.42. The summed E-state index contributed by atoms with van der Waals surface area (Å²) in [4.78, 5) is 23.7. The molecule has 1 aliphatic heterocycles. The standard InChI is InChI=1S/C11H11N3O3/c1-13-10(16)7-14(11(13)17)12-6-8-3-2-4-9(15)5-8/h2-6,15H,7H2,1H3/b12-6+. The molecule has 0 bridgehead atoms. The lowest BCUT2D eigenvalue weighted by Gasteiger charge is -2.07. The van der Waals surface area contributed by atoms with Crippen LogP contribution in [-0.2, 0) is 4.79 Å². The Morgan fingerprint density at radius 2 is 2.18 bits per heavy atom. The van der Waals surface area contributed by atoms with E-state index in [1.165, 1.54) is 25.4 Å². The van der Waals surface area contributed by atoms with Crippen LogP contribution in [0.2, 0.25) is 0 Å². The van der Waals surface area contributed by atoms with Crippen LogP contribution in [0, 0.1) is 0 Å². The molecule has 2 rings (SSSR count). The number of urea groups is 1. The number of hydrogen-bond acceptors (Lipinski definition) is 4. The van der Waals surface area contributed by atoms with Crippen molar-refractivity contribution >= 4 is 18.2 Å². The molecule has 1 saturated heterocycles. The molecule has 6 nitrogen and oxygen atoms in total. The van der Waals surface area contributed by atoms with Crippen LogP contribution >= 0.6 is 0 Å². The van der Waals surface area contributed by atoms with Gasteiger partial charge in [0.05, 0.1) is 6.21 Å². The molecule has 1 aliphatic rings. The third kappa shape index (κ3) is 2.25. The maximum atomic E-state index is 11.5. The average molecular weight is 233 g/mol. The Hall–Kier alpha value is -2.37. The lowest BCUT2D eigenvalue weighted by atomic mass is 10.2. The summed E-state index contributed by atoms with van der Waals surface area (Å²) in [5.74, 6) is -0.169. The highest BCUT2D eigenvalue weighted by molar-refractivity contribution is 6.01. The van der Waals surface area contributed by atoms with E-state index in [-0.39, 0.29) is 18.2 Å². The van der Waals surface area contributed by atoms with E-state index in [9.17, 15) is 14.7 Å². The fraction of sp³-hybridized carbons (Fsp3) is 0.182. The molecule has 0 unspecified atom stereocenters. The Kier molecular flexibility index (Phi) is 2.78. The molecule has 0 spiro atoms. The first-order valence-electron chi connectivity index (χ1n) is 4.99. The second-order valence-electron chi connectivity index (χ2n) is 3.63. The third-order valence-electron chi connectivity index (χ3n) is 2.38. The number of nitrogens with zero attached hydrogens (tertiary/aromatic N) is 3. The first-order valence-corrected chi connectivity index (χ1v) is 4.99. The Morgan fingerprint density at radius 1 is 1.41 bits per heavy atom. The lowest BCUT2D eigenvalue weighted by molar-refractivity contribution is -0.124. The molecule has 1 N–H and O–H groups in total. The van der Waals surface area contributed by atoms with Gasteiger partial charge in [-0.3, -0.25) is 9.69 Å². The van der Waals surface area contributed by atoms with Gasteiger partial charge in [-0.25, -0.2) is 9.80 Å². The number of phenols is 1. The largest absolute Gasteiger partial charge is 0.508 e. The first-order chi connectivity index (χ1) is 8.08. The predicted molar refractivity (Wildman–Crippen MR) is 60.6 cm³/mol. The Bertz CT molecular complexity index is 498. The summed E-state index contributed by atoms with van der Waals surface area (Å²) < 4.78 is 0. The van der Waals surface area contributed by atoms with Crippen molar-refractivity contribution < 1.29 is 14.7 Å². The van der Waals surface area contributed by atoms with Crippen LogP contribution in [0.1, 0.15) is 5.56 Å². The minimum Gasteiger partial charge on any atom is -0.508 e. The summed E-state index contributed by atoms with van der Waals surface area (Å²) in [6, 6.07) is 5.99. The molecule has 1 aromatic rings. The zero-order chi connectivity index (χ0) is 12.4. The number of aromatic hydroxyl groups is 1. The number of hydrazone groups is 1. The van der Waals surface area contributed by atoms with Gasteiger partial charge in [-0.05, 0) is 17.7 Å². The van der Waals surface area contributed by atoms with Crippen molar-refractivity contribution in [1.29, 1.82) is 0 Å². The second kappa shape index (κ2) is 4.25. The van der Waals surface area contributed by atoms with Gasteiger partial charge in [0, 0.05) is 7.05 Å². The van der Waals surface area contributed by atoms with E-state index in [0.717, 1.165) is 9.91 Å². The Morgan fingerprint density at radius 3 is 2.76 bits per heavy atom. The minimum absolute atomic E-state index is 0.0509. The highest BCUT2D eigenvalue weighted by Gasteiger charge is 2.32. The van der Waals surface area contributed by atoms with Crippen LogP contribution in [0.25, 0.3) is 0 Å². The van der Waals surface area contributed by atoms with E-state index in [1.54, 1.807) is 12.1 Å². The van der Waals surface area contributed by atoms with Gasteiger partial charge in [0.15, 0.2) is 0 Å². The zero-order valence-corrected chi connectivity index (χ0v) is 9.20. The number of phenolic OH excluding ortho intramolecular Hbond substituents is 1. The van der Waals surface area contributed by atoms with E-state index in [0.29, 0.717) is 5.56 Å². The van der Waals surface area contributed by atoms with E-state index in [4.69, 9.17) is 0 Å². The Balaban J connectivity index is 2.12. The van der Waals surface area contributed by atoms with Crippen LogP contribution in [0.4, 0.5) is 4.79 Å². The maximum Gasteiger partial charge on any atom is 0.347 e. The number of carbonyl (C=O) groups excluding carboxylic acids is 2. The smallest absolute Gasteiger partial charge is 0.347 e. The van der Waals surface area contributed by atoms with E-state index < -0.39 is 6.03 Å². The quantitative estimate of drug-likeness (QED) is 0.601. The zero-order valence-electron chi connectivity index (χ0n) is 9.20. The molecule has 1 fully saturated rings. The van der Waals surface area contributed by atoms with Crippen LogP contribution in [-0.4, -0.2) is 46.8 Å². The number of amides is 3. The molecule has 1 aromatic carbocycles. The first kappa shape index (κ1) is 11.1. The van der Waals surface area contributed by atoms with E-state index >= 15 is 0 Å². The minimum atomic E-state index is -0.452. The number of imide groups is 1. The van der Waals surface area contributed by atoms with Crippen molar-refractivity contribution in [3.05, 3.63) is 29.8 Å². The maximum absolute atomic E-state index is 11.5. The van der Waals surface area contributed by atoms with Crippen molar-refractivity contribution in [3.8, 4) is 5.75 Å². The van der Waals surface area contributed by atoms with Crippen LogP contribution in [0.5, 0.6) is 5.75 Å². The van der Waals surface area contributed by atoms with Gasteiger partial charge in [0.25, 0.3) is 5.91 Å². The van der Waals surface area contributed by atoms with E-state index in [2.05, 4.69) is 5.10 Å². The van der Waals surface area contributed by atoms with Crippen molar-refractivity contribution in [2.24, 2.45) is 5.10 Å². The van der Waals surface area contributed by atoms with Gasteiger partial charge in [0.2, 0.25) is 0 Å². The summed E-state index contributed by atoms with van der Waals surface area (Å²) in [5, 5.41) is 14.2. The number of likely N-dealkylation sites (N-methyl/N-ethyl adjacent to an activating group) is 1. The highest BCUT2D eigenvalue weighted by atomic mass is 16.3.